The highest BCUT2D eigenvalue weighted by molar-refractivity contribution is 7.11. The molecule has 2 rings (SSSR count). The molecule has 0 atom stereocenters. The van der Waals surface area contributed by atoms with Gasteiger partial charge in [0.05, 0.1) is 17.1 Å². The largest absolute Gasteiger partial charge is 0.385 e. The molecule has 0 fully saturated rings. The van der Waals surface area contributed by atoms with Crippen LogP contribution in [0.1, 0.15) is 27.6 Å². The minimum Gasteiger partial charge on any atom is -0.385 e. The fourth-order valence-corrected chi connectivity index (χ4v) is 3.25. The first-order valence-corrected chi connectivity index (χ1v) is 8.25. The number of methoxy groups -OCH3 is 1. The molecule has 0 saturated heterocycles. The molecule has 5 heteroatoms. The van der Waals surface area contributed by atoms with E-state index in [1.54, 1.807) is 18.4 Å². The number of carbonyl (C=O) groups excluding carboxylic acids is 1. The predicted molar refractivity (Wildman–Crippen MR) is 89.3 cm³/mol. The zero-order chi connectivity index (χ0) is 15.8. The van der Waals surface area contributed by atoms with Gasteiger partial charge in [0.25, 0.3) is 0 Å². The van der Waals surface area contributed by atoms with Crippen molar-refractivity contribution in [3.63, 3.8) is 0 Å². The second kappa shape index (κ2) is 8.66. The lowest BCUT2D eigenvalue weighted by molar-refractivity contribution is -0.120. The van der Waals surface area contributed by atoms with Gasteiger partial charge in [-0.2, -0.15) is 0 Å². The van der Waals surface area contributed by atoms with E-state index >= 15 is 0 Å². The third-order valence-corrected chi connectivity index (χ3v) is 4.46. The van der Waals surface area contributed by atoms with Gasteiger partial charge in [0.2, 0.25) is 5.91 Å². The summed E-state index contributed by atoms with van der Waals surface area (Å²) in [4.78, 5) is 17.6. The summed E-state index contributed by atoms with van der Waals surface area (Å²) >= 11 is 1.63. The Balaban J connectivity index is 1.88. The van der Waals surface area contributed by atoms with Crippen molar-refractivity contribution < 1.29 is 9.53 Å². The van der Waals surface area contributed by atoms with Crippen LogP contribution in [0.25, 0.3) is 0 Å². The number of thiazole rings is 1. The van der Waals surface area contributed by atoms with E-state index in [0.717, 1.165) is 28.4 Å². The number of ether oxygens (including phenoxy) is 1. The van der Waals surface area contributed by atoms with Crippen LogP contribution in [0.3, 0.4) is 0 Å². The van der Waals surface area contributed by atoms with E-state index < -0.39 is 0 Å². The molecule has 0 aliphatic rings. The van der Waals surface area contributed by atoms with Crippen molar-refractivity contribution in [1.29, 1.82) is 0 Å². The van der Waals surface area contributed by atoms with Crippen LogP contribution >= 0.6 is 11.3 Å². The lowest BCUT2D eigenvalue weighted by atomic mass is 10.2. The average Bonchev–Trinajstić information content (AvgIpc) is 2.84. The highest BCUT2D eigenvalue weighted by Gasteiger charge is 2.12. The van der Waals surface area contributed by atoms with E-state index in [1.807, 2.05) is 25.1 Å². The van der Waals surface area contributed by atoms with E-state index in [2.05, 4.69) is 22.4 Å². The number of carbonyl (C=O) groups is 1. The third-order valence-electron chi connectivity index (χ3n) is 3.30. The SMILES string of the molecule is COCCCNC(=O)Cc1sc(Cc2ccccc2)nc1C. The minimum absolute atomic E-state index is 0.0501. The van der Waals surface area contributed by atoms with Gasteiger partial charge in [0, 0.05) is 31.6 Å². The van der Waals surface area contributed by atoms with Gasteiger partial charge in [-0.15, -0.1) is 11.3 Å². The lowest BCUT2D eigenvalue weighted by Gasteiger charge is -2.03. The summed E-state index contributed by atoms with van der Waals surface area (Å²) in [6.45, 7) is 3.29. The Kier molecular flexibility index (Phi) is 6.55. The summed E-state index contributed by atoms with van der Waals surface area (Å²) in [5.74, 6) is 0.0501. The maximum Gasteiger partial charge on any atom is 0.225 e. The van der Waals surface area contributed by atoms with Gasteiger partial charge < -0.3 is 10.1 Å². The predicted octanol–water partition coefficient (Wildman–Crippen LogP) is 2.74. The van der Waals surface area contributed by atoms with Crippen LogP contribution in [0.2, 0.25) is 0 Å². The fraction of sp³-hybridized carbons (Fsp3) is 0.412. The first kappa shape index (κ1) is 16.6. The average molecular weight is 318 g/mol. The van der Waals surface area contributed by atoms with Crippen molar-refractivity contribution >= 4 is 17.2 Å². The van der Waals surface area contributed by atoms with E-state index in [9.17, 15) is 4.79 Å². The van der Waals surface area contributed by atoms with Gasteiger partial charge in [0.15, 0.2) is 0 Å². The van der Waals surface area contributed by atoms with Crippen LogP contribution in [0, 0.1) is 6.92 Å². The van der Waals surface area contributed by atoms with E-state index in [0.29, 0.717) is 19.6 Å². The van der Waals surface area contributed by atoms with Gasteiger partial charge in [-0.3, -0.25) is 4.79 Å². The minimum atomic E-state index is 0.0501. The molecule has 0 unspecified atom stereocenters. The lowest BCUT2D eigenvalue weighted by Crippen LogP contribution is -2.26. The second-order valence-electron chi connectivity index (χ2n) is 5.15. The summed E-state index contributed by atoms with van der Waals surface area (Å²) in [5.41, 5.74) is 2.20. The normalized spacial score (nSPS) is 10.6. The number of benzene rings is 1. The number of aromatic nitrogens is 1. The Bertz CT molecular complexity index is 596. The monoisotopic (exact) mass is 318 g/mol. The zero-order valence-electron chi connectivity index (χ0n) is 13.1. The molecular formula is C17H22N2O2S. The van der Waals surface area contributed by atoms with Crippen molar-refractivity contribution in [3.05, 3.63) is 51.5 Å². The van der Waals surface area contributed by atoms with Crippen molar-refractivity contribution in [2.75, 3.05) is 20.3 Å². The van der Waals surface area contributed by atoms with E-state index in [4.69, 9.17) is 4.74 Å². The Morgan fingerprint density at radius 1 is 1.32 bits per heavy atom. The summed E-state index contributed by atoms with van der Waals surface area (Å²) < 4.78 is 4.96. The molecule has 1 aromatic heterocycles. The van der Waals surface area contributed by atoms with Crippen LogP contribution in [0.5, 0.6) is 0 Å². The number of hydrogen-bond donors (Lipinski definition) is 1. The van der Waals surface area contributed by atoms with Crippen LogP contribution in [-0.4, -0.2) is 31.2 Å². The van der Waals surface area contributed by atoms with Gasteiger partial charge in [-0.1, -0.05) is 30.3 Å². The molecule has 1 amide bonds. The molecule has 0 aliphatic heterocycles. The van der Waals surface area contributed by atoms with E-state index in [-0.39, 0.29) is 5.91 Å². The molecule has 1 N–H and O–H groups in total. The molecular weight excluding hydrogens is 296 g/mol. The van der Waals surface area contributed by atoms with Gasteiger partial charge in [-0.25, -0.2) is 4.98 Å². The standard InChI is InChI=1S/C17H22N2O2S/c1-13-15(12-16(20)18-9-6-10-21-2)22-17(19-13)11-14-7-4-3-5-8-14/h3-5,7-8H,6,9-12H2,1-2H3,(H,18,20). The Labute approximate surface area is 135 Å². The molecule has 1 aromatic carbocycles. The Morgan fingerprint density at radius 2 is 2.09 bits per heavy atom. The Morgan fingerprint density at radius 3 is 2.82 bits per heavy atom. The summed E-state index contributed by atoms with van der Waals surface area (Å²) in [7, 11) is 1.66. The summed E-state index contributed by atoms with van der Waals surface area (Å²) in [6.07, 6.45) is 2.07. The molecule has 22 heavy (non-hydrogen) atoms. The van der Waals surface area contributed by atoms with E-state index in [1.165, 1.54) is 5.56 Å². The molecule has 2 aromatic rings. The Hall–Kier alpha value is -1.72. The summed E-state index contributed by atoms with van der Waals surface area (Å²) in [5, 5.41) is 3.97. The van der Waals surface area contributed by atoms with Gasteiger partial charge in [-0.05, 0) is 18.9 Å². The highest BCUT2D eigenvalue weighted by atomic mass is 32.1. The smallest absolute Gasteiger partial charge is 0.225 e. The van der Waals surface area contributed by atoms with Crippen LogP contribution in [0.15, 0.2) is 30.3 Å². The molecule has 0 radical (unpaired) electrons. The zero-order valence-corrected chi connectivity index (χ0v) is 13.9. The number of hydrogen-bond acceptors (Lipinski definition) is 4. The summed E-state index contributed by atoms with van der Waals surface area (Å²) in [6, 6.07) is 10.3. The van der Waals surface area contributed by atoms with Crippen molar-refractivity contribution in [2.24, 2.45) is 0 Å². The number of aryl methyl sites for hydroxylation is 1. The van der Waals surface area contributed by atoms with Crippen LogP contribution < -0.4 is 5.32 Å². The molecule has 0 aliphatic carbocycles. The van der Waals surface area contributed by atoms with Gasteiger partial charge >= 0.3 is 0 Å². The van der Waals surface area contributed by atoms with Crippen molar-refractivity contribution in [2.45, 2.75) is 26.2 Å². The molecule has 0 saturated carbocycles. The quantitative estimate of drug-likeness (QED) is 0.762. The number of nitrogens with zero attached hydrogens (tertiary/aromatic N) is 1. The first-order valence-electron chi connectivity index (χ1n) is 7.43. The molecule has 0 spiro atoms. The number of rotatable bonds is 8. The fourth-order valence-electron chi connectivity index (χ4n) is 2.15. The highest BCUT2D eigenvalue weighted by Crippen LogP contribution is 2.21. The van der Waals surface area contributed by atoms with Crippen LogP contribution in [0.4, 0.5) is 0 Å². The third kappa shape index (κ3) is 5.24. The molecule has 4 nitrogen and oxygen atoms in total. The van der Waals surface area contributed by atoms with Crippen molar-refractivity contribution in [3.8, 4) is 0 Å². The van der Waals surface area contributed by atoms with Gasteiger partial charge in [0.1, 0.15) is 0 Å². The molecule has 118 valence electrons. The first-order chi connectivity index (χ1) is 10.7. The second-order valence-corrected chi connectivity index (χ2v) is 6.32. The molecule has 0 bridgehead atoms. The van der Waals surface area contributed by atoms with Crippen molar-refractivity contribution in [1.82, 2.24) is 10.3 Å². The maximum absolute atomic E-state index is 11.9. The maximum atomic E-state index is 11.9. The number of nitrogens with one attached hydrogen (secondary N) is 1. The molecule has 1 heterocycles. The number of amides is 1. The topological polar surface area (TPSA) is 51.2 Å². The van der Waals surface area contributed by atoms with Crippen LogP contribution in [-0.2, 0) is 22.4 Å².